The van der Waals surface area contributed by atoms with Crippen LogP contribution < -0.4 is 0 Å². The molecule has 28 heavy (non-hydrogen) atoms. The van der Waals surface area contributed by atoms with Crippen LogP contribution in [0.5, 0.6) is 0 Å². The Morgan fingerprint density at radius 2 is 1.86 bits per heavy atom. The van der Waals surface area contributed by atoms with Crippen molar-refractivity contribution in [2.45, 2.75) is 25.8 Å². The molecule has 7 heteroatoms. The maximum Gasteiger partial charge on any atom is 0.320 e. The normalized spacial score (nSPS) is 19.2. The number of aromatic amines is 1. The predicted octanol–water partition coefficient (Wildman–Crippen LogP) is 1.91. The number of hydrogen-bond acceptors (Lipinski definition) is 3. The summed E-state index contributed by atoms with van der Waals surface area (Å²) in [6.07, 6.45) is 4.40. The zero-order chi connectivity index (χ0) is 19.5. The maximum absolute atomic E-state index is 12.9. The first kappa shape index (κ1) is 18.5. The van der Waals surface area contributed by atoms with Gasteiger partial charge in [-0.3, -0.25) is 9.89 Å². The van der Waals surface area contributed by atoms with E-state index >= 15 is 0 Å². The molecule has 1 atom stereocenters. The molecule has 0 spiro atoms. The second-order valence-corrected chi connectivity index (χ2v) is 7.75. The topological polar surface area (TPSA) is 72.5 Å². The van der Waals surface area contributed by atoms with E-state index in [0.717, 1.165) is 30.5 Å². The van der Waals surface area contributed by atoms with Crippen LogP contribution in [-0.2, 0) is 24.2 Å². The summed E-state index contributed by atoms with van der Waals surface area (Å²) in [5, 5.41) is 7.11. The molecular formula is C21H27N5O2. The van der Waals surface area contributed by atoms with E-state index in [1.807, 2.05) is 53.4 Å². The van der Waals surface area contributed by atoms with E-state index in [9.17, 15) is 9.59 Å². The summed E-state index contributed by atoms with van der Waals surface area (Å²) in [6, 6.07) is 10.0. The number of H-pyrrole nitrogens is 1. The molecule has 1 aromatic carbocycles. The number of carbonyl (C=O) groups is 2. The van der Waals surface area contributed by atoms with E-state index in [1.54, 1.807) is 4.90 Å². The molecule has 3 amide bonds. The Balaban J connectivity index is 1.28. The van der Waals surface area contributed by atoms with Crippen LogP contribution in [0, 0.1) is 5.92 Å². The third kappa shape index (κ3) is 3.88. The van der Waals surface area contributed by atoms with E-state index < -0.39 is 0 Å². The van der Waals surface area contributed by atoms with Gasteiger partial charge in [-0.05, 0) is 24.0 Å². The lowest BCUT2D eigenvalue weighted by molar-refractivity contribution is -0.137. The Labute approximate surface area is 165 Å². The molecule has 0 bridgehead atoms. The Kier molecular flexibility index (Phi) is 5.32. The third-order valence-corrected chi connectivity index (χ3v) is 5.82. The van der Waals surface area contributed by atoms with Crippen LogP contribution in [0.4, 0.5) is 4.79 Å². The zero-order valence-electron chi connectivity index (χ0n) is 16.3. The standard InChI is InChI=1S/C21H27N5O2/c1-24(15-16-5-3-2-4-6-16)21(28)26-11-9-25(10-12-26)20(27)17-7-8-18-14-22-23-19(18)13-17/h2-6,14,17H,7-13,15H2,1H3,(H,22,23). The summed E-state index contributed by atoms with van der Waals surface area (Å²) in [7, 11) is 1.83. The van der Waals surface area contributed by atoms with E-state index in [0.29, 0.717) is 32.7 Å². The second kappa shape index (κ2) is 8.04. The summed E-state index contributed by atoms with van der Waals surface area (Å²) in [4.78, 5) is 31.2. The molecule has 148 valence electrons. The van der Waals surface area contributed by atoms with Crippen molar-refractivity contribution in [3.05, 3.63) is 53.3 Å². The zero-order valence-corrected chi connectivity index (χ0v) is 16.3. The highest BCUT2D eigenvalue weighted by atomic mass is 16.2. The van der Waals surface area contributed by atoms with Gasteiger partial charge in [0, 0.05) is 57.8 Å². The minimum absolute atomic E-state index is 0.0238. The Bertz CT molecular complexity index is 826. The van der Waals surface area contributed by atoms with E-state index in [-0.39, 0.29) is 17.9 Å². The number of benzene rings is 1. The maximum atomic E-state index is 12.9. The van der Waals surface area contributed by atoms with E-state index in [1.165, 1.54) is 5.56 Å². The fourth-order valence-electron chi connectivity index (χ4n) is 4.16. The van der Waals surface area contributed by atoms with Gasteiger partial charge in [-0.2, -0.15) is 5.10 Å². The second-order valence-electron chi connectivity index (χ2n) is 7.75. The van der Waals surface area contributed by atoms with Crippen molar-refractivity contribution in [1.29, 1.82) is 0 Å². The van der Waals surface area contributed by atoms with Crippen LogP contribution in [-0.4, -0.2) is 70.1 Å². The van der Waals surface area contributed by atoms with Gasteiger partial charge in [-0.15, -0.1) is 0 Å². The molecule has 7 nitrogen and oxygen atoms in total. The van der Waals surface area contributed by atoms with Crippen molar-refractivity contribution >= 4 is 11.9 Å². The van der Waals surface area contributed by atoms with Crippen molar-refractivity contribution in [1.82, 2.24) is 24.9 Å². The molecule has 1 aliphatic carbocycles. The molecular weight excluding hydrogens is 354 g/mol. The molecule has 4 rings (SSSR count). The minimum Gasteiger partial charge on any atom is -0.339 e. The Hall–Kier alpha value is -2.83. The van der Waals surface area contributed by atoms with Crippen LogP contribution in [0.25, 0.3) is 0 Å². The highest BCUT2D eigenvalue weighted by Gasteiger charge is 2.32. The summed E-state index contributed by atoms with van der Waals surface area (Å²) >= 11 is 0. The van der Waals surface area contributed by atoms with Crippen molar-refractivity contribution in [3.63, 3.8) is 0 Å². The lowest BCUT2D eigenvalue weighted by Crippen LogP contribution is -2.54. The van der Waals surface area contributed by atoms with Crippen molar-refractivity contribution in [2.24, 2.45) is 5.92 Å². The minimum atomic E-state index is 0.0238. The molecule has 1 saturated heterocycles. The molecule has 0 saturated carbocycles. The van der Waals surface area contributed by atoms with Gasteiger partial charge in [0.05, 0.1) is 6.20 Å². The van der Waals surface area contributed by atoms with Crippen LogP contribution in [0.2, 0.25) is 0 Å². The third-order valence-electron chi connectivity index (χ3n) is 5.82. The number of hydrogen-bond donors (Lipinski definition) is 1. The number of aryl methyl sites for hydroxylation is 1. The monoisotopic (exact) mass is 381 g/mol. The number of rotatable bonds is 3. The number of carbonyl (C=O) groups excluding carboxylic acids is 2. The van der Waals surface area contributed by atoms with Gasteiger partial charge in [0.2, 0.25) is 5.91 Å². The highest BCUT2D eigenvalue weighted by molar-refractivity contribution is 5.80. The van der Waals surface area contributed by atoms with Crippen molar-refractivity contribution in [2.75, 3.05) is 33.2 Å². The van der Waals surface area contributed by atoms with Crippen LogP contribution in [0.3, 0.4) is 0 Å². The largest absolute Gasteiger partial charge is 0.339 e. The van der Waals surface area contributed by atoms with E-state index in [4.69, 9.17) is 0 Å². The van der Waals surface area contributed by atoms with Crippen LogP contribution in [0.1, 0.15) is 23.2 Å². The van der Waals surface area contributed by atoms with Crippen LogP contribution in [0.15, 0.2) is 36.5 Å². The van der Waals surface area contributed by atoms with Crippen molar-refractivity contribution in [3.8, 4) is 0 Å². The first-order valence-corrected chi connectivity index (χ1v) is 9.95. The molecule has 0 radical (unpaired) electrons. The molecule has 1 unspecified atom stereocenters. The molecule has 1 aliphatic heterocycles. The van der Waals surface area contributed by atoms with Gasteiger partial charge in [0.15, 0.2) is 0 Å². The average Bonchev–Trinajstić information content (AvgIpc) is 3.21. The predicted molar refractivity (Wildman–Crippen MR) is 106 cm³/mol. The molecule has 2 heterocycles. The lowest BCUT2D eigenvalue weighted by Gasteiger charge is -2.38. The molecule has 2 aliphatic rings. The van der Waals surface area contributed by atoms with Gasteiger partial charge in [0.25, 0.3) is 0 Å². The number of nitrogens with zero attached hydrogens (tertiary/aromatic N) is 4. The van der Waals surface area contributed by atoms with Crippen LogP contribution >= 0.6 is 0 Å². The summed E-state index contributed by atoms with van der Waals surface area (Å²) in [6.45, 7) is 2.98. The van der Waals surface area contributed by atoms with Gasteiger partial charge >= 0.3 is 6.03 Å². The van der Waals surface area contributed by atoms with Gasteiger partial charge in [-0.1, -0.05) is 30.3 Å². The van der Waals surface area contributed by atoms with Gasteiger partial charge in [0.1, 0.15) is 0 Å². The molecule has 2 aromatic rings. The number of urea groups is 1. The average molecular weight is 381 g/mol. The lowest BCUT2D eigenvalue weighted by atomic mass is 9.87. The quantitative estimate of drug-likeness (QED) is 0.883. The first-order valence-electron chi connectivity index (χ1n) is 9.95. The number of aromatic nitrogens is 2. The Morgan fingerprint density at radius 1 is 1.14 bits per heavy atom. The highest BCUT2D eigenvalue weighted by Crippen LogP contribution is 2.25. The molecule has 1 fully saturated rings. The SMILES string of the molecule is CN(Cc1ccccc1)C(=O)N1CCN(C(=O)C2CCc3cn[nH]c3C2)CC1. The number of piperazine rings is 1. The fraction of sp³-hybridized carbons (Fsp3) is 0.476. The first-order chi connectivity index (χ1) is 13.6. The number of amides is 3. The van der Waals surface area contributed by atoms with E-state index in [2.05, 4.69) is 10.2 Å². The van der Waals surface area contributed by atoms with Crippen molar-refractivity contribution < 1.29 is 9.59 Å². The summed E-state index contributed by atoms with van der Waals surface area (Å²) < 4.78 is 0. The molecule has 1 aromatic heterocycles. The summed E-state index contributed by atoms with van der Waals surface area (Å²) in [5.41, 5.74) is 3.45. The number of fused-ring (bicyclic) bond motifs is 1. The smallest absolute Gasteiger partial charge is 0.320 e. The molecule has 1 N–H and O–H groups in total. The summed E-state index contributed by atoms with van der Waals surface area (Å²) in [5.74, 6) is 0.237. The van der Waals surface area contributed by atoms with Gasteiger partial charge < -0.3 is 14.7 Å². The fourth-order valence-corrected chi connectivity index (χ4v) is 4.16. The number of nitrogens with one attached hydrogen (secondary N) is 1. The van der Waals surface area contributed by atoms with Gasteiger partial charge in [-0.25, -0.2) is 4.79 Å². The Morgan fingerprint density at radius 3 is 2.61 bits per heavy atom.